The summed E-state index contributed by atoms with van der Waals surface area (Å²) in [7, 11) is -4.09. The molecular formula is C18H14ClNO5S3. The Morgan fingerprint density at radius 2 is 1.96 bits per heavy atom. The Morgan fingerprint density at radius 3 is 2.57 bits per heavy atom. The van der Waals surface area contributed by atoms with Crippen molar-refractivity contribution in [2.75, 3.05) is 6.61 Å². The lowest BCUT2D eigenvalue weighted by Crippen LogP contribution is -2.17. The van der Waals surface area contributed by atoms with Gasteiger partial charge in [0.1, 0.15) is 9.22 Å². The number of amides is 1. The molecule has 146 valence electrons. The lowest BCUT2D eigenvalue weighted by Gasteiger charge is -2.14. The second-order valence-electron chi connectivity index (χ2n) is 5.47. The van der Waals surface area contributed by atoms with Crippen LogP contribution in [0.3, 0.4) is 0 Å². The molecule has 1 fully saturated rings. The van der Waals surface area contributed by atoms with E-state index in [0.717, 1.165) is 11.8 Å². The van der Waals surface area contributed by atoms with Crippen molar-refractivity contribution in [2.45, 2.75) is 11.8 Å². The van der Waals surface area contributed by atoms with Gasteiger partial charge < -0.3 is 14.2 Å². The fourth-order valence-electron chi connectivity index (χ4n) is 2.33. The van der Waals surface area contributed by atoms with E-state index < -0.39 is 10.1 Å². The number of thioether (sulfide) groups is 1. The third-order valence-corrected chi connectivity index (χ3v) is 6.18. The van der Waals surface area contributed by atoms with Gasteiger partial charge in [-0.2, -0.15) is 8.42 Å². The first-order valence-corrected chi connectivity index (χ1v) is 11.0. The molecule has 1 N–H and O–H groups in total. The van der Waals surface area contributed by atoms with Crippen LogP contribution in [0.4, 0.5) is 0 Å². The Hall–Kier alpha value is -2.07. The number of halogens is 1. The van der Waals surface area contributed by atoms with Gasteiger partial charge in [0.15, 0.2) is 5.75 Å². The quantitative estimate of drug-likeness (QED) is 0.400. The van der Waals surface area contributed by atoms with E-state index in [1.807, 2.05) is 0 Å². The summed E-state index contributed by atoms with van der Waals surface area (Å²) in [6.45, 7) is 2.00. The molecule has 0 unspecified atom stereocenters. The van der Waals surface area contributed by atoms with Crippen molar-refractivity contribution in [3.8, 4) is 11.5 Å². The number of nitrogens with one attached hydrogen (secondary N) is 1. The maximum Gasteiger partial charge on any atom is 0.339 e. The Kier molecular flexibility index (Phi) is 6.29. The zero-order chi connectivity index (χ0) is 20.3. The van der Waals surface area contributed by atoms with Gasteiger partial charge in [-0.15, -0.1) is 0 Å². The number of benzene rings is 2. The average Bonchev–Trinajstić information content (AvgIpc) is 2.96. The van der Waals surface area contributed by atoms with Crippen LogP contribution in [0.1, 0.15) is 12.5 Å². The van der Waals surface area contributed by atoms with E-state index in [1.54, 1.807) is 37.3 Å². The third kappa shape index (κ3) is 4.67. The van der Waals surface area contributed by atoms with Crippen molar-refractivity contribution in [3.63, 3.8) is 0 Å². The van der Waals surface area contributed by atoms with Gasteiger partial charge in [-0.25, -0.2) is 0 Å². The van der Waals surface area contributed by atoms with Gasteiger partial charge in [0, 0.05) is 0 Å². The number of rotatable bonds is 6. The van der Waals surface area contributed by atoms with Gasteiger partial charge in [0.2, 0.25) is 5.75 Å². The second-order valence-corrected chi connectivity index (χ2v) is 9.14. The highest BCUT2D eigenvalue weighted by Crippen LogP contribution is 2.39. The summed E-state index contributed by atoms with van der Waals surface area (Å²) in [4.78, 5) is 12.2. The lowest BCUT2D eigenvalue weighted by molar-refractivity contribution is -0.115. The molecule has 3 rings (SSSR count). The number of carbonyl (C=O) groups is 1. The fraction of sp³-hybridized carbons (Fsp3) is 0.111. The van der Waals surface area contributed by atoms with E-state index in [4.69, 9.17) is 32.7 Å². The summed E-state index contributed by atoms with van der Waals surface area (Å²) in [5.74, 6) is -0.281. The van der Waals surface area contributed by atoms with Gasteiger partial charge in [-0.3, -0.25) is 4.79 Å². The topological polar surface area (TPSA) is 81.7 Å². The van der Waals surface area contributed by atoms with E-state index in [0.29, 0.717) is 14.8 Å². The van der Waals surface area contributed by atoms with Crippen LogP contribution in [-0.4, -0.2) is 25.3 Å². The molecule has 2 aromatic rings. The summed E-state index contributed by atoms with van der Waals surface area (Å²) in [6.07, 6.45) is 1.59. The normalized spacial score (nSPS) is 15.6. The first kappa shape index (κ1) is 20.7. The minimum Gasteiger partial charge on any atom is -0.490 e. The Balaban J connectivity index is 1.99. The van der Waals surface area contributed by atoms with Crippen LogP contribution in [0.2, 0.25) is 5.02 Å². The predicted octanol–water partition coefficient (Wildman–Crippen LogP) is 4.00. The molecular weight excluding hydrogens is 442 g/mol. The maximum atomic E-state index is 12.5. The first-order chi connectivity index (χ1) is 13.3. The molecule has 0 radical (unpaired) electrons. The summed E-state index contributed by atoms with van der Waals surface area (Å²) in [5.41, 5.74) is 0.542. The average molecular weight is 456 g/mol. The van der Waals surface area contributed by atoms with Crippen molar-refractivity contribution in [1.29, 1.82) is 0 Å². The van der Waals surface area contributed by atoms with Crippen molar-refractivity contribution in [1.82, 2.24) is 5.32 Å². The molecule has 28 heavy (non-hydrogen) atoms. The lowest BCUT2D eigenvalue weighted by atomic mass is 10.2. The number of carbonyl (C=O) groups excluding carboxylic acids is 1. The van der Waals surface area contributed by atoms with Crippen LogP contribution in [-0.2, 0) is 14.9 Å². The minimum absolute atomic E-state index is 0.00718. The highest BCUT2D eigenvalue weighted by Gasteiger charge is 2.24. The fourth-order valence-corrected chi connectivity index (χ4v) is 4.66. The number of hydrogen-bond donors (Lipinski definition) is 1. The molecule has 1 aliphatic rings. The molecule has 0 spiro atoms. The first-order valence-electron chi connectivity index (χ1n) is 8.01. The smallest absolute Gasteiger partial charge is 0.339 e. The Labute approximate surface area is 177 Å². The highest BCUT2D eigenvalue weighted by molar-refractivity contribution is 8.26. The summed E-state index contributed by atoms with van der Waals surface area (Å²) in [6, 6.07) is 10.7. The molecule has 2 aromatic carbocycles. The van der Waals surface area contributed by atoms with Crippen molar-refractivity contribution < 1.29 is 22.1 Å². The van der Waals surface area contributed by atoms with Gasteiger partial charge >= 0.3 is 10.1 Å². The van der Waals surface area contributed by atoms with E-state index in [-0.39, 0.29) is 33.9 Å². The van der Waals surface area contributed by atoms with E-state index in [1.165, 1.54) is 18.2 Å². The van der Waals surface area contributed by atoms with Crippen LogP contribution in [0.25, 0.3) is 6.08 Å². The highest BCUT2D eigenvalue weighted by atomic mass is 35.5. The van der Waals surface area contributed by atoms with E-state index in [9.17, 15) is 13.2 Å². The minimum atomic E-state index is -4.09. The molecule has 0 saturated carbocycles. The molecule has 1 saturated heterocycles. The molecule has 10 heteroatoms. The molecule has 1 aliphatic heterocycles. The van der Waals surface area contributed by atoms with Crippen LogP contribution in [0.15, 0.2) is 52.3 Å². The maximum absolute atomic E-state index is 12.5. The predicted molar refractivity (Wildman–Crippen MR) is 113 cm³/mol. The Bertz CT molecular complexity index is 1070. The molecule has 1 amide bonds. The number of thiocarbonyl (C=S) groups is 1. The van der Waals surface area contributed by atoms with E-state index >= 15 is 0 Å². The van der Waals surface area contributed by atoms with Crippen LogP contribution >= 0.6 is 35.6 Å². The van der Waals surface area contributed by atoms with Gasteiger partial charge in [-0.05, 0) is 42.8 Å². The van der Waals surface area contributed by atoms with Gasteiger partial charge in [-0.1, -0.05) is 53.8 Å². The van der Waals surface area contributed by atoms with Crippen LogP contribution < -0.4 is 14.2 Å². The zero-order valence-corrected chi connectivity index (χ0v) is 17.7. The van der Waals surface area contributed by atoms with Crippen molar-refractivity contribution in [3.05, 3.63) is 58.0 Å². The van der Waals surface area contributed by atoms with Gasteiger partial charge in [0.25, 0.3) is 5.91 Å². The zero-order valence-electron chi connectivity index (χ0n) is 14.5. The summed E-state index contributed by atoms with van der Waals surface area (Å²) < 4.78 is 36.2. The SMILES string of the molecule is CCOc1cc(/C=C2/SC(=S)NC2=O)cc(Cl)c1OS(=O)(=O)c1ccccc1. The molecule has 0 aliphatic carbocycles. The number of ether oxygens (including phenoxy) is 1. The molecule has 1 heterocycles. The Morgan fingerprint density at radius 1 is 1.25 bits per heavy atom. The molecule has 6 nitrogen and oxygen atoms in total. The molecule has 0 atom stereocenters. The van der Waals surface area contributed by atoms with Crippen molar-refractivity contribution in [2.24, 2.45) is 0 Å². The molecule has 0 bridgehead atoms. The third-order valence-electron chi connectivity index (χ3n) is 3.50. The second kappa shape index (κ2) is 8.52. The standard InChI is InChI=1S/C18H14ClNO5S3/c1-2-24-14-9-11(10-15-17(21)20-18(26)27-15)8-13(19)16(14)25-28(22,23)12-6-4-3-5-7-12/h3-10H,2H2,1H3,(H,20,21,26)/b15-10+. The summed E-state index contributed by atoms with van der Waals surface area (Å²) in [5, 5.41) is 2.55. The number of hydrogen-bond acceptors (Lipinski definition) is 7. The van der Waals surface area contributed by atoms with Gasteiger partial charge in [0.05, 0.1) is 16.5 Å². The van der Waals surface area contributed by atoms with Crippen LogP contribution in [0.5, 0.6) is 11.5 Å². The molecule has 0 aromatic heterocycles. The largest absolute Gasteiger partial charge is 0.490 e. The monoisotopic (exact) mass is 455 g/mol. The summed E-state index contributed by atoms with van der Waals surface area (Å²) >= 11 is 12.4. The van der Waals surface area contributed by atoms with E-state index in [2.05, 4.69) is 5.32 Å². The van der Waals surface area contributed by atoms with Crippen molar-refractivity contribution >= 4 is 62.0 Å². The van der Waals surface area contributed by atoms with Crippen LogP contribution in [0, 0.1) is 0 Å².